The number of hydrogen-bond donors (Lipinski definition) is 1. The van der Waals surface area contributed by atoms with Crippen molar-refractivity contribution in [1.29, 1.82) is 0 Å². The number of rotatable bonds is 5. The summed E-state index contributed by atoms with van der Waals surface area (Å²) in [6.45, 7) is 6.19. The molecule has 0 radical (unpaired) electrons. The molecule has 0 aliphatic heterocycles. The molecule has 1 aliphatic carbocycles. The molecule has 4 rings (SSSR count). The maximum Gasteiger partial charge on any atom is 0.220 e. The molecule has 1 atom stereocenters. The third-order valence-electron chi connectivity index (χ3n) is 5.34. The van der Waals surface area contributed by atoms with Crippen LogP contribution in [0, 0.1) is 19.8 Å². The van der Waals surface area contributed by atoms with Gasteiger partial charge in [0.2, 0.25) is 5.91 Å². The fraction of sp³-hybridized carbons (Fsp3) is 0.450. The Morgan fingerprint density at radius 3 is 2.84 bits per heavy atom. The molecular formula is C20H24N4O. The van der Waals surface area contributed by atoms with E-state index in [1.165, 1.54) is 12.8 Å². The lowest BCUT2D eigenvalue weighted by Gasteiger charge is -2.14. The molecular weight excluding hydrogens is 312 g/mol. The van der Waals surface area contributed by atoms with Gasteiger partial charge in [0.15, 0.2) is 5.65 Å². The smallest absolute Gasteiger partial charge is 0.220 e. The molecule has 130 valence electrons. The standard InChI is InChI=1S/C20H24N4O/c1-12(15-8-9-15)21-19(25)11-10-16-13(2)22-20-17-6-4-5-7-18(17)23-24(20)14(16)3/h4-7,12,15H,8-11H2,1-3H3,(H,21,25)/t12-/m0/s1. The number of amides is 1. The minimum absolute atomic E-state index is 0.129. The van der Waals surface area contributed by atoms with Crippen LogP contribution in [-0.4, -0.2) is 26.5 Å². The van der Waals surface area contributed by atoms with E-state index >= 15 is 0 Å². The second-order valence-corrected chi connectivity index (χ2v) is 7.21. The second kappa shape index (κ2) is 6.14. The lowest BCUT2D eigenvalue weighted by Crippen LogP contribution is -2.34. The molecule has 1 aromatic carbocycles. The maximum absolute atomic E-state index is 12.2. The maximum atomic E-state index is 12.2. The first-order valence-corrected chi connectivity index (χ1v) is 9.07. The van der Waals surface area contributed by atoms with E-state index in [0.717, 1.165) is 33.5 Å². The predicted octanol–water partition coefficient (Wildman–Crippen LogP) is 3.35. The van der Waals surface area contributed by atoms with Crippen LogP contribution in [0.5, 0.6) is 0 Å². The summed E-state index contributed by atoms with van der Waals surface area (Å²) in [5.41, 5.74) is 5.02. The van der Waals surface area contributed by atoms with Crippen molar-refractivity contribution in [3.8, 4) is 0 Å². The van der Waals surface area contributed by atoms with Crippen LogP contribution in [0.1, 0.15) is 43.1 Å². The van der Waals surface area contributed by atoms with Gasteiger partial charge >= 0.3 is 0 Å². The molecule has 0 spiro atoms. The van der Waals surface area contributed by atoms with Crippen molar-refractivity contribution < 1.29 is 4.79 Å². The molecule has 2 heterocycles. The molecule has 0 saturated heterocycles. The molecule has 1 N–H and O–H groups in total. The van der Waals surface area contributed by atoms with Crippen LogP contribution in [0.4, 0.5) is 0 Å². The van der Waals surface area contributed by atoms with E-state index < -0.39 is 0 Å². The van der Waals surface area contributed by atoms with Gasteiger partial charge in [0, 0.05) is 29.2 Å². The first-order chi connectivity index (χ1) is 12.0. The van der Waals surface area contributed by atoms with Crippen molar-refractivity contribution in [3.63, 3.8) is 0 Å². The van der Waals surface area contributed by atoms with Crippen molar-refractivity contribution >= 4 is 22.5 Å². The highest BCUT2D eigenvalue weighted by Crippen LogP contribution is 2.32. The van der Waals surface area contributed by atoms with Crippen molar-refractivity contribution in [1.82, 2.24) is 19.9 Å². The van der Waals surface area contributed by atoms with Gasteiger partial charge in [-0.1, -0.05) is 12.1 Å². The van der Waals surface area contributed by atoms with Crippen LogP contribution in [0.3, 0.4) is 0 Å². The molecule has 5 nitrogen and oxygen atoms in total. The zero-order chi connectivity index (χ0) is 17.6. The van der Waals surface area contributed by atoms with Gasteiger partial charge in [-0.25, -0.2) is 9.50 Å². The van der Waals surface area contributed by atoms with Gasteiger partial charge in [-0.05, 0) is 63.6 Å². The summed E-state index contributed by atoms with van der Waals surface area (Å²) in [4.78, 5) is 17.0. The average molecular weight is 336 g/mol. The number of nitrogens with one attached hydrogen (secondary N) is 1. The highest BCUT2D eigenvalue weighted by atomic mass is 16.1. The summed E-state index contributed by atoms with van der Waals surface area (Å²) in [5, 5.41) is 8.87. The highest BCUT2D eigenvalue weighted by Gasteiger charge is 2.28. The summed E-state index contributed by atoms with van der Waals surface area (Å²) in [5.74, 6) is 0.811. The van der Waals surface area contributed by atoms with Crippen molar-refractivity contribution in [3.05, 3.63) is 41.2 Å². The van der Waals surface area contributed by atoms with E-state index in [4.69, 9.17) is 4.98 Å². The fourth-order valence-electron chi connectivity index (χ4n) is 3.62. The molecule has 2 aromatic heterocycles. The van der Waals surface area contributed by atoms with Gasteiger partial charge in [-0.15, -0.1) is 0 Å². The summed E-state index contributed by atoms with van der Waals surface area (Å²) in [7, 11) is 0. The topological polar surface area (TPSA) is 59.3 Å². The third kappa shape index (κ3) is 2.99. The van der Waals surface area contributed by atoms with Gasteiger partial charge in [0.25, 0.3) is 0 Å². The average Bonchev–Trinajstić information content (AvgIpc) is 3.37. The number of fused-ring (bicyclic) bond motifs is 3. The van der Waals surface area contributed by atoms with E-state index in [2.05, 4.69) is 30.3 Å². The number of aryl methyl sites for hydroxylation is 2. The van der Waals surface area contributed by atoms with Crippen LogP contribution < -0.4 is 5.32 Å². The molecule has 1 saturated carbocycles. The first-order valence-electron chi connectivity index (χ1n) is 9.07. The number of carbonyl (C=O) groups is 1. The van der Waals surface area contributed by atoms with Gasteiger partial charge in [-0.2, -0.15) is 5.10 Å². The Balaban J connectivity index is 1.58. The number of carbonyl (C=O) groups excluding carboxylic acids is 1. The van der Waals surface area contributed by atoms with Gasteiger partial charge in [0.05, 0.1) is 5.52 Å². The van der Waals surface area contributed by atoms with Gasteiger partial charge in [0.1, 0.15) is 0 Å². The third-order valence-corrected chi connectivity index (χ3v) is 5.34. The van der Waals surface area contributed by atoms with E-state index in [-0.39, 0.29) is 5.91 Å². The Morgan fingerprint density at radius 2 is 2.08 bits per heavy atom. The first kappa shape index (κ1) is 16.1. The lowest BCUT2D eigenvalue weighted by atomic mass is 10.1. The van der Waals surface area contributed by atoms with Crippen LogP contribution in [0.25, 0.3) is 16.6 Å². The van der Waals surface area contributed by atoms with E-state index in [1.807, 2.05) is 29.6 Å². The Labute approximate surface area is 147 Å². The molecule has 0 unspecified atom stereocenters. The SMILES string of the molecule is Cc1nc2c3ccccc3nn2c(C)c1CCC(=O)N[C@@H](C)C1CC1. The monoisotopic (exact) mass is 336 g/mol. The second-order valence-electron chi connectivity index (χ2n) is 7.21. The zero-order valence-corrected chi connectivity index (χ0v) is 15.0. The van der Waals surface area contributed by atoms with E-state index in [1.54, 1.807) is 0 Å². The Morgan fingerprint density at radius 1 is 1.32 bits per heavy atom. The van der Waals surface area contributed by atoms with Crippen LogP contribution in [-0.2, 0) is 11.2 Å². The van der Waals surface area contributed by atoms with Crippen molar-refractivity contribution in [2.24, 2.45) is 5.92 Å². The minimum Gasteiger partial charge on any atom is -0.353 e. The van der Waals surface area contributed by atoms with Crippen LogP contribution in [0.15, 0.2) is 24.3 Å². The Bertz CT molecular complexity index is 955. The van der Waals surface area contributed by atoms with Gasteiger partial charge < -0.3 is 5.32 Å². The zero-order valence-electron chi connectivity index (χ0n) is 15.0. The summed E-state index contributed by atoms with van der Waals surface area (Å²) < 4.78 is 1.91. The summed E-state index contributed by atoms with van der Waals surface area (Å²) in [6, 6.07) is 8.35. The fourth-order valence-corrected chi connectivity index (χ4v) is 3.62. The number of nitrogens with zero attached hydrogens (tertiary/aromatic N) is 3. The van der Waals surface area contributed by atoms with Crippen LogP contribution in [0.2, 0.25) is 0 Å². The lowest BCUT2D eigenvalue weighted by molar-refractivity contribution is -0.121. The van der Waals surface area contributed by atoms with Crippen molar-refractivity contribution in [2.75, 3.05) is 0 Å². The number of benzene rings is 1. The number of aromatic nitrogens is 3. The summed E-state index contributed by atoms with van der Waals surface area (Å²) in [6.07, 6.45) is 3.67. The van der Waals surface area contributed by atoms with E-state index in [0.29, 0.717) is 24.8 Å². The Kier molecular flexibility index (Phi) is 3.94. The number of hydrogen-bond acceptors (Lipinski definition) is 3. The van der Waals surface area contributed by atoms with E-state index in [9.17, 15) is 4.79 Å². The highest BCUT2D eigenvalue weighted by molar-refractivity contribution is 5.92. The predicted molar refractivity (Wildman–Crippen MR) is 98.6 cm³/mol. The molecule has 25 heavy (non-hydrogen) atoms. The molecule has 1 aliphatic rings. The largest absolute Gasteiger partial charge is 0.353 e. The Hall–Kier alpha value is -2.43. The molecule has 1 amide bonds. The quantitative estimate of drug-likeness (QED) is 0.777. The summed E-state index contributed by atoms with van der Waals surface area (Å²) >= 11 is 0. The van der Waals surface area contributed by atoms with Crippen LogP contribution >= 0.6 is 0 Å². The minimum atomic E-state index is 0.129. The molecule has 3 aromatic rings. The molecule has 0 bridgehead atoms. The molecule has 1 fully saturated rings. The van der Waals surface area contributed by atoms with Gasteiger partial charge in [-0.3, -0.25) is 4.79 Å². The molecule has 5 heteroatoms. The van der Waals surface area contributed by atoms with Crippen molar-refractivity contribution in [2.45, 2.75) is 52.5 Å². The normalized spacial score (nSPS) is 15.6.